The van der Waals surface area contributed by atoms with Crippen molar-refractivity contribution < 1.29 is 64.5 Å². The van der Waals surface area contributed by atoms with Crippen LogP contribution >= 0.6 is 0 Å². The molecule has 0 saturated carbocycles. The highest BCUT2D eigenvalue weighted by molar-refractivity contribution is 7.90. The number of ether oxygens (including phenoxy) is 1. The molecule has 31 heteroatoms. The minimum atomic E-state index is -3.89. The molecule has 1 amide bonds. The van der Waals surface area contributed by atoms with Gasteiger partial charge in [0, 0.05) is 160 Å². The number of aromatic nitrogens is 9. The third-order valence-electron chi connectivity index (χ3n) is 18.5. The van der Waals surface area contributed by atoms with E-state index >= 15 is 0 Å². The van der Waals surface area contributed by atoms with Crippen molar-refractivity contribution in [1.82, 2.24) is 55.9 Å². The van der Waals surface area contributed by atoms with Crippen molar-refractivity contribution in [2.24, 2.45) is 0 Å². The van der Waals surface area contributed by atoms with E-state index in [0.717, 1.165) is 136 Å². The number of carboxylic acid groups (broad SMARTS) is 3. The second kappa shape index (κ2) is 32.5. The molecule has 0 aliphatic carbocycles. The molecule has 0 unspecified atom stereocenters. The Morgan fingerprint density at radius 1 is 0.505 bits per heavy atom. The van der Waals surface area contributed by atoms with Gasteiger partial charge in [-0.2, -0.15) is 17.6 Å². The Balaban J connectivity index is 0.000000149. The Morgan fingerprint density at radius 3 is 1.51 bits per heavy atom. The lowest BCUT2D eigenvalue weighted by molar-refractivity contribution is -0.123. The molecule has 5 aromatic carbocycles. The lowest BCUT2D eigenvalue weighted by Crippen LogP contribution is -2.29. The molecule has 105 heavy (non-hydrogen) atoms. The predicted octanol–water partition coefficient (Wildman–Crippen LogP) is 8.79. The molecule has 0 spiro atoms. The maximum atomic E-state index is 13.9. The SMILES string of the molecule is CC(=O)N1CCc2cc(S(=O)(=O)n3nc(C4=CCN(C)CC4)c4ccccc43)ccc21.CN1CC=C(c2cn(S(=O)(=O)c3ccc4c(c3)OCCN4C)c3ccc(-n4ccnc4)cc23)CC1.CN1CC=C(c2cn(S(=O)(=O)c3cccnc3)c3ccc(-n4ccnc4)cc23)CC1.O=CO.O=CO.O=CO. The molecular weight excluding hydrogens is 1410 g/mol. The van der Waals surface area contributed by atoms with Crippen molar-refractivity contribution in [3.63, 3.8) is 0 Å². The highest BCUT2D eigenvalue weighted by Gasteiger charge is 2.31. The molecule has 0 fully saturated rings. The van der Waals surface area contributed by atoms with Gasteiger partial charge in [0.1, 0.15) is 17.3 Å². The van der Waals surface area contributed by atoms with Gasteiger partial charge in [-0.1, -0.05) is 36.4 Å². The highest BCUT2D eigenvalue weighted by atomic mass is 32.2. The summed E-state index contributed by atoms with van der Waals surface area (Å²) in [7, 11) is -3.28. The van der Waals surface area contributed by atoms with E-state index in [2.05, 4.69) is 79.0 Å². The normalized spacial score (nSPS) is 15.4. The van der Waals surface area contributed by atoms with Crippen LogP contribution in [0.15, 0.2) is 204 Å². The molecule has 3 N–H and O–H groups in total. The van der Waals surface area contributed by atoms with E-state index in [0.29, 0.717) is 41.9 Å². The Morgan fingerprint density at radius 2 is 1.02 bits per heavy atom. The van der Waals surface area contributed by atoms with Crippen LogP contribution in [-0.2, 0) is 55.7 Å². The number of hydrogen-bond acceptors (Lipinski definition) is 19. The summed E-state index contributed by atoms with van der Waals surface area (Å²) >= 11 is 0. The Kier molecular flexibility index (Phi) is 23.2. The van der Waals surface area contributed by atoms with Gasteiger partial charge < -0.3 is 53.7 Å². The summed E-state index contributed by atoms with van der Waals surface area (Å²) in [5.74, 6) is 0.556. The summed E-state index contributed by atoms with van der Waals surface area (Å²) < 4.78 is 95.4. The molecule has 0 saturated heterocycles. The van der Waals surface area contributed by atoms with Crippen molar-refractivity contribution in [1.29, 1.82) is 0 Å². The number of anilines is 2. The number of carbonyl (C=O) groups is 4. The first-order valence-electron chi connectivity index (χ1n) is 33.2. The second-order valence-corrected chi connectivity index (χ2v) is 30.5. The van der Waals surface area contributed by atoms with E-state index in [4.69, 9.17) is 34.4 Å². The van der Waals surface area contributed by atoms with Crippen LogP contribution in [0.5, 0.6) is 5.75 Å². The van der Waals surface area contributed by atoms with Crippen molar-refractivity contribution in [2.75, 3.05) is 97.0 Å². The van der Waals surface area contributed by atoms with Gasteiger partial charge in [0.25, 0.3) is 49.5 Å². The Hall–Kier alpha value is -11.4. The molecule has 5 aliphatic rings. The molecule has 0 radical (unpaired) electrons. The quantitative estimate of drug-likeness (QED) is 0.102. The predicted molar refractivity (Wildman–Crippen MR) is 400 cm³/mol. The zero-order valence-electron chi connectivity index (χ0n) is 58.1. The molecule has 0 atom stereocenters. The standard InChI is InChI=1S/C26H27N5O3S.C23H24N4O3S.C22H21N5O2S.3CH2O2/c1-28-10-7-19(8-11-28)23-17-31(24-5-3-20(15-22(23)24)30-12-9-27-18-30)35(32,33)21-4-6-25-26(16-21)34-14-13-29(25)2;1-16(28)26-14-11-18-15-19(7-8-21(18)26)31(29,30)27-22-6-4-3-5-20(22)23(24-27)17-9-12-25(2)13-10-17;1-25-10-6-17(7-11-25)21-15-27(30(28,29)19-3-2-8-23-14-19)22-5-4-18(13-20(21)22)26-12-9-24-16-26;3*2-1-3/h3-7,9,12,15-18H,8,10-11,13-14H2,1-2H3;3-9,15H,10-14H2,1-2H3;2-6,8-9,12-16H,7,10-11H2,1H3;3*1H,(H,2,3). The summed E-state index contributed by atoms with van der Waals surface area (Å²) in [5.41, 5.74) is 12.3. The maximum absolute atomic E-state index is 13.9. The zero-order valence-corrected chi connectivity index (χ0v) is 60.6. The van der Waals surface area contributed by atoms with E-state index < -0.39 is 30.1 Å². The van der Waals surface area contributed by atoms with Gasteiger partial charge in [-0.15, -0.1) is 0 Å². The largest absolute Gasteiger partial charge is 0.490 e. The lowest BCUT2D eigenvalue weighted by atomic mass is 9.99. The van der Waals surface area contributed by atoms with Crippen LogP contribution < -0.4 is 14.5 Å². The number of carbonyl (C=O) groups excluding carboxylic acids is 1. The fraction of sp³-hybridized carbons (Fsp3) is 0.243. The summed E-state index contributed by atoms with van der Waals surface area (Å²) in [5, 5.41) is 27.9. The van der Waals surface area contributed by atoms with Gasteiger partial charge in [0.15, 0.2) is 0 Å². The molecule has 6 aromatic heterocycles. The molecule has 546 valence electrons. The Bertz CT molecular complexity index is 5450. The van der Waals surface area contributed by atoms with Crippen molar-refractivity contribution in [3.05, 3.63) is 212 Å². The van der Waals surface area contributed by atoms with Crippen LogP contribution in [-0.4, -0.2) is 209 Å². The van der Waals surface area contributed by atoms with Gasteiger partial charge in [-0.05, 0) is 154 Å². The summed E-state index contributed by atoms with van der Waals surface area (Å²) in [4.78, 5) is 60.2. The van der Waals surface area contributed by atoms with Crippen LogP contribution in [0.4, 0.5) is 11.4 Å². The van der Waals surface area contributed by atoms with Gasteiger partial charge in [0.2, 0.25) is 5.91 Å². The average Bonchev–Trinajstić information content (AvgIpc) is 1.63. The number of amides is 1. The van der Waals surface area contributed by atoms with Gasteiger partial charge in [-0.25, -0.2) is 34.7 Å². The zero-order chi connectivity index (χ0) is 74.7. The fourth-order valence-corrected chi connectivity index (χ4v) is 17.2. The first kappa shape index (κ1) is 74.8. The first-order valence-corrected chi connectivity index (χ1v) is 37.6. The minimum Gasteiger partial charge on any atom is -0.490 e. The van der Waals surface area contributed by atoms with Crippen LogP contribution in [0.3, 0.4) is 0 Å². The van der Waals surface area contributed by atoms with Crippen LogP contribution in [0.1, 0.15) is 48.6 Å². The van der Waals surface area contributed by atoms with Crippen molar-refractivity contribution >= 4 is 116 Å². The number of pyridine rings is 1. The summed E-state index contributed by atoms with van der Waals surface area (Å²) in [6.45, 7) is 7.94. The molecule has 5 aliphatic heterocycles. The number of rotatable bonds is 11. The van der Waals surface area contributed by atoms with Gasteiger partial charge >= 0.3 is 0 Å². The molecule has 16 rings (SSSR count). The van der Waals surface area contributed by atoms with E-state index in [1.54, 1.807) is 97.1 Å². The topological polar surface area (TPSA) is 333 Å². The average molecular weight is 1480 g/mol. The molecular formula is C74H78N14O14S3. The van der Waals surface area contributed by atoms with E-state index in [9.17, 15) is 30.0 Å². The lowest BCUT2D eigenvalue weighted by Gasteiger charge is -2.27. The number of para-hydroxylation sites is 1. The number of benzene rings is 5. The molecule has 0 bridgehead atoms. The highest BCUT2D eigenvalue weighted by Crippen LogP contribution is 2.40. The van der Waals surface area contributed by atoms with Gasteiger partial charge in [0.05, 0.1) is 56.9 Å². The third kappa shape index (κ3) is 15.9. The number of nitrogens with zero attached hydrogens (tertiary/aromatic N) is 14. The number of likely N-dealkylation sites (N-methyl/N-ethyl adjacent to an activating group) is 4. The summed E-state index contributed by atoms with van der Waals surface area (Å²) in [6.07, 6.45) is 26.9. The number of imidazole rings is 2. The first-order chi connectivity index (χ1) is 50.6. The third-order valence-corrected chi connectivity index (χ3v) is 23.4. The van der Waals surface area contributed by atoms with Crippen LogP contribution in [0.25, 0.3) is 60.8 Å². The minimum absolute atomic E-state index is 0.0385. The Labute approximate surface area is 606 Å². The number of hydrogen-bond donors (Lipinski definition) is 3. The van der Waals surface area contributed by atoms with E-state index in [1.807, 2.05) is 89.2 Å². The van der Waals surface area contributed by atoms with Crippen LogP contribution in [0.2, 0.25) is 0 Å². The molecule has 28 nitrogen and oxygen atoms in total. The molecule has 11 aromatic rings. The van der Waals surface area contributed by atoms with Crippen LogP contribution in [0, 0.1) is 0 Å². The molecule has 11 heterocycles. The summed E-state index contributed by atoms with van der Waals surface area (Å²) in [6, 6.07) is 32.4. The second-order valence-electron chi connectivity index (χ2n) is 25.1. The fourth-order valence-electron chi connectivity index (χ4n) is 13.1. The monoisotopic (exact) mass is 1480 g/mol. The van der Waals surface area contributed by atoms with E-state index in [1.165, 1.54) is 32.2 Å². The number of fused-ring (bicyclic) bond motifs is 5. The van der Waals surface area contributed by atoms with Crippen molar-refractivity contribution in [3.8, 4) is 17.1 Å². The van der Waals surface area contributed by atoms with Gasteiger partial charge in [-0.3, -0.25) is 24.2 Å². The van der Waals surface area contributed by atoms with E-state index in [-0.39, 0.29) is 40.0 Å². The smallest absolute Gasteiger partial charge is 0.290 e. The maximum Gasteiger partial charge on any atom is 0.290 e. The van der Waals surface area contributed by atoms with Crippen molar-refractivity contribution in [2.45, 2.75) is 47.3 Å².